The molecule has 2 saturated heterocycles. The first-order valence-electron chi connectivity index (χ1n) is 10.8. The van der Waals surface area contributed by atoms with Crippen molar-refractivity contribution in [3.8, 4) is 0 Å². The number of anilines is 1. The summed E-state index contributed by atoms with van der Waals surface area (Å²) in [6, 6.07) is 4.84. The Labute approximate surface area is 174 Å². The zero-order valence-electron chi connectivity index (χ0n) is 17.7. The Bertz CT molecular complexity index is 584. The molecule has 7 heteroatoms. The van der Waals surface area contributed by atoms with Crippen molar-refractivity contribution in [3.05, 3.63) is 17.5 Å². The second kappa shape index (κ2) is 11.0. The maximum absolute atomic E-state index is 5.95. The zero-order valence-corrected chi connectivity index (χ0v) is 18.5. The lowest BCUT2D eigenvalue weighted by atomic mass is 10.1. The third kappa shape index (κ3) is 6.64. The third-order valence-electron chi connectivity index (χ3n) is 5.30. The number of piperidine rings is 1. The SMILES string of the molecule is CCNC(=NCC1CN(CC(C)C)CCO1)NC1CCN(c2cccs2)CC1. The zero-order chi connectivity index (χ0) is 19.8. The van der Waals surface area contributed by atoms with E-state index in [-0.39, 0.29) is 6.10 Å². The third-order valence-corrected chi connectivity index (χ3v) is 6.23. The highest BCUT2D eigenvalue weighted by atomic mass is 32.1. The van der Waals surface area contributed by atoms with E-state index in [1.165, 1.54) is 5.00 Å². The van der Waals surface area contributed by atoms with E-state index in [4.69, 9.17) is 9.73 Å². The summed E-state index contributed by atoms with van der Waals surface area (Å²) < 4.78 is 5.95. The Balaban J connectivity index is 1.46. The molecule has 0 aliphatic carbocycles. The van der Waals surface area contributed by atoms with Crippen LogP contribution >= 0.6 is 11.3 Å². The molecule has 2 aliphatic rings. The highest BCUT2D eigenvalue weighted by molar-refractivity contribution is 7.14. The van der Waals surface area contributed by atoms with Crippen LogP contribution < -0.4 is 15.5 Å². The van der Waals surface area contributed by atoms with Gasteiger partial charge in [-0.15, -0.1) is 11.3 Å². The Morgan fingerprint density at radius 1 is 1.32 bits per heavy atom. The highest BCUT2D eigenvalue weighted by Crippen LogP contribution is 2.24. The Morgan fingerprint density at radius 2 is 2.14 bits per heavy atom. The number of aliphatic imine (C=N–C) groups is 1. The number of rotatable bonds is 7. The predicted molar refractivity (Wildman–Crippen MR) is 120 cm³/mol. The molecule has 1 unspecified atom stereocenters. The fourth-order valence-electron chi connectivity index (χ4n) is 3.97. The summed E-state index contributed by atoms with van der Waals surface area (Å²) >= 11 is 1.83. The summed E-state index contributed by atoms with van der Waals surface area (Å²) in [6.07, 6.45) is 2.48. The van der Waals surface area contributed by atoms with Crippen molar-refractivity contribution in [1.82, 2.24) is 15.5 Å². The van der Waals surface area contributed by atoms with Gasteiger partial charge < -0.3 is 20.3 Å². The van der Waals surface area contributed by atoms with Crippen molar-refractivity contribution < 1.29 is 4.74 Å². The summed E-state index contributed by atoms with van der Waals surface area (Å²) in [6.45, 7) is 14.5. The van der Waals surface area contributed by atoms with Gasteiger partial charge in [0.25, 0.3) is 0 Å². The van der Waals surface area contributed by atoms with Gasteiger partial charge in [-0.2, -0.15) is 0 Å². The quantitative estimate of drug-likeness (QED) is 0.538. The summed E-state index contributed by atoms with van der Waals surface area (Å²) in [5, 5.41) is 10.6. The van der Waals surface area contributed by atoms with Crippen molar-refractivity contribution in [2.45, 2.75) is 45.8 Å². The van der Waals surface area contributed by atoms with Crippen LogP contribution in [-0.2, 0) is 4.74 Å². The maximum Gasteiger partial charge on any atom is 0.191 e. The number of thiophene rings is 1. The first-order chi connectivity index (χ1) is 13.6. The summed E-state index contributed by atoms with van der Waals surface area (Å²) in [4.78, 5) is 9.85. The number of morpholine rings is 1. The Kier molecular flexibility index (Phi) is 8.43. The van der Waals surface area contributed by atoms with Gasteiger partial charge in [0, 0.05) is 45.3 Å². The van der Waals surface area contributed by atoms with E-state index in [0.29, 0.717) is 12.0 Å². The van der Waals surface area contributed by atoms with E-state index >= 15 is 0 Å². The summed E-state index contributed by atoms with van der Waals surface area (Å²) in [5.74, 6) is 1.63. The van der Waals surface area contributed by atoms with Gasteiger partial charge in [0.15, 0.2) is 5.96 Å². The van der Waals surface area contributed by atoms with Crippen LogP contribution in [0.1, 0.15) is 33.6 Å². The molecule has 0 spiro atoms. The molecule has 0 bridgehead atoms. The number of guanidine groups is 1. The predicted octanol–water partition coefficient (Wildman–Crippen LogP) is 2.63. The van der Waals surface area contributed by atoms with Gasteiger partial charge in [-0.05, 0) is 43.2 Å². The molecule has 28 heavy (non-hydrogen) atoms. The van der Waals surface area contributed by atoms with Gasteiger partial charge in [0.05, 0.1) is 24.3 Å². The Morgan fingerprint density at radius 3 is 2.82 bits per heavy atom. The van der Waals surface area contributed by atoms with E-state index in [2.05, 4.69) is 58.7 Å². The van der Waals surface area contributed by atoms with Crippen LogP contribution in [0.2, 0.25) is 0 Å². The smallest absolute Gasteiger partial charge is 0.191 e. The molecule has 2 N–H and O–H groups in total. The van der Waals surface area contributed by atoms with Crippen LogP contribution in [0.4, 0.5) is 5.00 Å². The summed E-state index contributed by atoms with van der Waals surface area (Å²) in [7, 11) is 0. The fourth-order valence-corrected chi connectivity index (χ4v) is 4.76. The number of ether oxygens (including phenoxy) is 1. The molecule has 1 aromatic rings. The van der Waals surface area contributed by atoms with E-state index in [1.54, 1.807) is 0 Å². The van der Waals surface area contributed by atoms with Gasteiger partial charge in [-0.25, -0.2) is 0 Å². The van der Waals surface area contributed by atoms with Crippen molar-refractivity contribution in [3.63, 3.8) is 0 Å². The molecule has 0 radical (unpaired) electrons. The van der Waals surface area contributed by atoms with Crippen molar-refractivity contribution in [2.75, 3.05) is 57.3 Å². The van der Waals surface area contributed by atoms with E-state index in [0.717, 1.165) is 71.2 Å². The second-order valence-corrected chi connectivity index (χ2v) is 9.15. The Hall–Kier alpha value is -1.31. The van der Waals surface area contributed by atoms with Crippen molar-refractivity contribution >= 4 is 22.3 Å². The summed E-state index contributed by atoms with van der Waals surface area (Å²) in [5.41, 5.74) is 0. The maximum atomic E-state index is 5.95. The lowest BCUT2D eigenvalue weighted by Crippen LogP contribution is -2.49. The molecule has 0 aromatic carbocycles. The molecule has 158 valence electrons. The first kappa shape index (κ1) is 21.4. The van der Waals surface area contributed by atoms with Crippen LogP contribution in [-0.4, -0.2) is 75.4 Å². The highest BCUT2D eigenvalue weighted by Gasteiger charge is 2.22. The fraction of sp³-hybridized carbons (Fsp3) is 0.762. The molecule has 1 atom stereocenters. The van der Waals surface area contributed by atoms with Gasteiger partial charge >= 0.3 is 0 Å². The normalized spacial score (nSPS) is 22.6. The van der Waals surface area contributed by atoms with Gasteiger partial charge in [-0.1, -0.05) is 13.8 Å². The lowest BCUT2D eigenvalue weighted by Gasteiger charge is -2.34. The number of hydrogen-bond donors (Lipinski definition) is 2. The van der Waals surface area contributed by atoms with Crippen LogP contribution in [0.25, 0.3) is 0 Å². The van der Waals surface area contributed by atoms with Crippen LogP contribution in [0.5, 0.6) is 0 Å². The van der Waals surface area contributed by atoms with Crippen LogP contribution in [0.15, 0.2) is 22.5 Å². The minimum Gasteiger partial charge on any atom is -0.374 e. The largest absolute Gasteiger partial charge is 0.374 e. The van der Waals surface area contributed by atoms with E-state index in [1.807, 2.05) is 11.3 Å². The van der Waals surface area contributed by atoms with Gasteiger partial charge in [0.2, 0.25) is 0 Å². The molecule has 3 heterocycles. The molecular weight excluding hydrogens is 370 g/mol. The molecule has 0 amide bonds. The van der Waals surface area contributed by atoms with Crippen LogP contribution in [0, 0.1) is 5.92 Å². The molecule has 2 fully saturated rings. The second-order valence-electron chi connectivity index (χ2n) is 8.22. The van der Waals surface area contributed by atoms with E-state index < -0.39 is 0 Å². The number of nitrogens with zero attached hydrogens (tertiary/aromatic N) is 3. The minimum absolute atomic E-state index is 0.198. The van der Waals surface area contributed by atoms with Gasteiger partial charge in [-0.3, -0.25) is 9.89 Å². The van der Waals surface area contributed by atoms with Crippen LogP contribution in [0.3, 0.4) is 0 Å². The topological polar surface area (TPSA) is 52.1 Å². The molecule has 1 aromatic heterocycles. The average Bonchev–Trinajstić information content (AvgIpc) is 3.21. The molecule has 0 saturated carbocycles. The van der Waals surface area contributed by atoms with Gasteiger partial charge in [0.1, 0.15) is 0 Å². The first-order valence-corrected chi connectivity index (χ1v) is 11.7. The standard InChI is InChI=1S/C21H37N5OS/c1-4-22-21(23-14-19-16-25(11-12-27-19)15-17(2)3)24-18-7-9-26(10-8-18)20-6-5-13-28-20/h5-6,13,17-19H,4,7-12,14-16H2,1-3H3,(H2,22,23,24). The number of nitrogens with one attached hydrogen (secondary N) is 2. The van der Waals surface area contributed by atoms with Crippen molar-refractivity contribution in [1.29, 1.82) is 0 Å². The van der Waals surface area contributed by atoms with Crippen molar-refractivity contribution in [2.24, 2.45) is 10.9 Å². The molecule has 6 nitrogen and oxygen atoms in total. The number of hydrogen-bond acceptors (Lipinski definition) is 5. The monoisotopic (exact) mass is 407 g/mol. The molecule has 2 aliphatic heterocycles. The lowest BCUT2D eigenvalue weighted by molar-refractivity contribution is -0.0262. The van der Waals surface area contributed by atoms with E-state index in [9.17, 15) is 0 Å². The average molecular weight is 408 g/mol. The minimum atomic E-state index is 0.198. The molecular formula is C21H37N5OS. The molecule has 3 rings (SSSR count).